The van der Waals surface area contributed by atoms with Gasteiger partial charge in [0.15, 0.2) is 0 Å². The molecule has 0 atom stereocenters. The summed E-state index contributed by atoms with van der Waals surface area (Å²) in [4.78, 5) is 23.4. The highest BCUT2D eigenvalue weighted by Crippen LogP contribution is 2.28. The van der Waals surface area contributed by atoms with Gasteiger partial charge in [0.1, 0.15) is 4.83 Å². The molecule has 0 bridgehead atoms. The predicted molar refractivity (Wildman–Crippen MR) is 63.5 cm³/mol. The predicted octanol–water partition coefficient (Wildman–Crippen LogP) is 2.05. The second-order valence-electron chi connectivity index (χ2n) is 3.28. The first-order valence-electron chi connectivity index (χ1n) is 4.72. The summed E-state index contributed by atoms with van der Waals surface area (Å²) in [7, 11) is 0. The zero-order valence-corrected chi connectivity index (χ0v) is 8.99. The molecule has 0 aliphatic heterocycles. The second kappa shape index (κ2) is 3.53. The molecular formula is C11H7N3OS. The lowest BCUT2D eigenvalue weighted by atomic mass is 10.1. The van der Waals surface area contributed by atoms with Crippen LogP contribution >= 0.6 is 11.3 Å². The van der Waals surface area contributed by atoms with E-state index in [0.29, 0.717) is 5.39 Å². The van der Waals surface area contributed by atoms with Gasteiger partial charge in [-0.3, -0.25) is 9.78 Å². The molecule has 4 nitrogen and oxygen atoms in total. The average Bonchev–Trinajstić information content (AvgIpc) is 2.75. The first-order chi connectivity index (χ1) is 7.86. The van der Waals surface area contributed by atoms with Gasteiger partial charge in [0.05, 0.1) is 17.4 Å². The second-order valence-corrected chi connectivity index (χ2v) is 4.13. The summed E-state index contributed by atoms with van der Waals surface area (Å²) in [5, 5.41) is 2.53. The smallest absolute Gasteiger partial charge is 0.260 e. The first kappa shape index (κ1) is 9.23. The molecule has 3 heterocycles. The molecule has 3 aromatic rings. The number of pyridine rings is 1. The van der Waals surface area contributed by atoms with Gasteiger partial charge >= 0.3 is 0 Å². The van der Waals surface area contributed by atoms with Crippen molar-refractivity contribution in [3.8, 4) is 11.3 Å². The molecule has 0 saturated carbocycles. The van der Waals surface area contributed by atoms with Crippen LogP contribution in [0, 0.1) is 0 Å². The zero-order chi connectivity index (χ0) is 11.0. The van der Waals surface area contributed by atoms with Gasteiger partial charge in [0.2, 0.25) is 0 Å². The molecule has 5 heteroatoms. The number of H-pyrrole nitrogens is 1. The van der Waals surface area contributed by atoms with Crippen LogP contribution in [0.15, 0.2) is 40.9 Å². The molecule has 16 heavy (non-hydrogen) atoms. The highest BCUT2D eigenvalue weighted by atomic mass is 32.1. The van der Waals surface area contributed by atoms with Crippen LogP contribution < -0.4 is 5.56 Å². The highest BCUT2D eigenvalue weighted by Gasteiger charge is 2.10. The van der Waals surface area contributed by atoms with Crippen molar-refractivity contribution in [1.29, 1.82) is 0 Å². The van der Waals surface area contributed by atoms with Gasteiger partial charge in [-0.1, -0.05) is 6.07 Å². The normalized spacial score (nSPS) is 10.8. The molecule has 0 aromatic carbocycles. The first-order valence-corrected chi connectivity index (χ1v) is 5.60. The Morgan fingerprint density at radius 3 is 3.00 bits per heavy atom. The lowest BCUT2D eigenvalue weighted by Gasteiger charge is -1.96. The van der Waals surface area contributed by atoms with Gasteiger partial charge in [0.25, 0.3) is 5.56 Å². The molecule has 3 rings (SSSR count). The minimum Gasteiger partial charge on any atom is -0.313 e. The molecule has 0 fully saturated rings. The summed E-state index contributed by atoms with van der Waals surface area (Å²) in [5.41, 5.74) is 1.52. The Kier molecular flexibility index (Phi) is 2.04. The van der Waals surface area contributed by atoms with Crippen molar-refractivity contribution in [1.82, 2.24) is 15.0 Å². The summed E-state index contributed by atoms with van der Waals surface area (Å²) < 4.78 is 0. The van der Waals surface area contributed by atoms with E-state index in [4.69, 9.17) is 0 Å². The molecule has 0 aliphatic rings. The molecule has 1 N–H and O–H groups in total. The van der Waals surface area contributed by atoms with Crippen molar-refractivity contribution < 1.29 is 0 Å². The van der Waals surface area contributed by atoms with Crippen molar-refractivity contribution >= 4 is 21.6 Å². The maximum atomic E-state index is 11.7. The Morgan fingerprint density at radius 1 is 1.25 bits per heavy atom. The summed E-state index contributed by atoms with van der Waals surface area (Å²) in [6, 6.07) is 5.63. The van der Waals surface area contributed by atoms with E-state index in [0.717, 1.165) is 16.1 Å². The van der Waals surface area contributed by atoms with Gasteiger partial charge in [-0.25, -0.2) is 4.98 Å². The van der Waals surface area contributed by atoms with E-state index in [9.17, 15) is 4.79 Å². The van der Waals surface area contributed by atoms with Crippen LogP contribution in [-0.4, -0.2) is 15.0 Å². The highest BCUT2D eigenvalue weighted by molar-refractivity contribution is 7.17. The SMILES string of the molecule is O=c1[nH]cnc2scc(-c3ccccn3)c12. The average molecular weight is 229 g/mol. The molecule has 0 radical (unpaired) electrons. The largest absolute Gasteiger partial charge is 0.313 e. The Hall–Kier alpha value is -2.01. The summed E-state index contributed by atoms with van der Waals surface area (Å²) >= 11 is 1.45. The fourth-order valence-corrected chi connectivity index (χ4v) is 2.50. The number of nitrogens with one attached hydrogen (secondary N) is 1. The van der Waals surface area contributed by atoms with Gasteiger partial charge in [-0.2, -0.15) is 0 Å². The Balaban J connectivity index is 2.38. The molecule has 0 aliphatic carbocycles. The van der Waals surface area contributed by atoms with Crippen LogP contribution in [0.5, 0.6) is 0 Å². The zero-order valence-electron chi connectivity index (χ0n) is 8.18. The number of fused-ring (bicyclic) bond motifs is 1. The maximum absolute atomic E-state index is 11.7. The van der Waals surface area contributed by atoms with Crippen molar-refractivity contribution in [2.75, 3.05) is 0 Å². The third-order valence-corrected chi connectivity index (χ3v) is 3.20. The number of nitrogens with zero attached hydrogens (tertiary/aromatic N) is 2. The lowest BCUT2D eigenvalue weighted by molar-refractivity contribution is 1.18. The molecule has 3 aromatic heterocycles. The Bertz CT molecular complexity index is 687. The fourth-order valence-electron chi connectivity index (χ4n) is 1.59. The van der Waals surface area contributed by atoms with Gasteiger partial charge in [-0.15, -0.1) is 11.3 Å². The monoisotopic (exact) mass is 229 g/mol. The quantitative estimate of drug-likeness (QED) is 0.694. The molecule has 78 valence electrons. The summed E-state index contributed by atoms with van der Waals surface area (Å²) in [6.07, 6.45) is 3.13. The van der Waals surface area contributed by atoms with Gasteiger partial charge in [0, 0.05) is 17.1 Å². The van der Waals surface area contributed by atoms with Crippen molar-refractivity contribution in [3.63, 3.8) is 0 Å². The molecule has 0 unspecified atom stereocenters. The number of hydrogen-bond acceptors (Lipinski definition) is 4. The van der Waals surface area contributed by atoms with Crippen LogP contribution in [0.1, 0.15) is 0 Å². The minimum absolute atomic E-state index is 0.119. The summed E-state index contributed by atoms with van der Waals surface area (Å²) in [5.74, 6) is 0. The van der Waals surface area contributed by atoms with E-state index in [1.54, 1.807) is 6.20 Å². The maximum Gasteiger partial charge on any atom is 0.260 e. The van der Waals surface area contributed by atoms with Crippen LogP contribution in [-0.2, 0) is 0 Å². The van der Waals surface area contributed by atoms with Crippen molar-refractivity contribution in [2.45, 2.75) is 0 Å². The van der Waals surface area contributed by atoms with E-state index in [-0.39, 0.29) is 5.56 Å². The number of aromatic amines is 1. The van der Waals surface area contributed by atoms with Crippen LogP contribution in [0.3, 0.4) is 0 Å². The van der Waals surface area contributed by atoms with Crippen molar-refractivity contribution in [3.05, 3.63) is 46.5 Å². The fraction of sp³-hybridized carbons (Fsp3) is 0. The molecule has 0 spiro atoms. The van der Waals surface area contributed by atoms with Gasteiger partial charge < -0.3 is 4.98 Å². The molecule has 0 amide bonds. The molecule has 0 saturated heterocycles. The van der Waals surface area contributed by atoms with E-state index < -0.39 is 0 Å². The topological polar surface area (TPSA) is 58.6 Å². The number of aromatic nitrogens is 3. The number of thiophene rings is 1. The Morgan fingerprint density at radius 2 is 2.19 bits per heavy atom. The van der Waals surface area contributed by atoms with Crippen LogP contribution in [0.4, 0.5) is 0 Å². The van der Waals surface area contributed by atoms with Crippen LogP contribution in [0.25, 0.3) is 21.5 Å². The van der Waals surface area contributed by atoms with E-state index in [1.807, 2.05) is 23.6 Å². The van der Waals surface area contributed by atoms with E-state index in [1.165, 1.54) is 17.7 Å². The minimum atomic E-state index is -0.119. The summed E-state index contributed by atoms with van der Waals surface area (Å²) in [6.45, 7) is 0. The van der Waals surface area contributed by atoms with E-state index in [2.05, 4.69) is 15.0 Å². The van der Waals surface area contributed by atoms with Gasteiger partial charge in [-0.05, 0) is 12.1 Å². The van der Waals surface area contributed by atoms with Crippen molar-refractivity contribution in [2.24, 2.45) is 0 Å². The van der Waals surface area contributed by atoms with E-state index >= 15 is 0 Å². The Labute approximate surface area is 94.6 Å². The molecular weight excluding hydrogens is 222 g/mol. The standard InChI is InChI=1S/C11H7N3OS/c15-10-9-7(8-3-1-2-4-12-8)5-16-11(9)14-6-13-10/h1-6H,(H,13,14,15). The number of hydrogen-bond donors (Lipinski definition) is 1. The lowest BCUT2D eigenvalue weighted by Crippen LogP contribution is -2.05. The third-order valence-electron chi connectivity index (χ3n) is 2.32. The third kappa shape index (κ3) is 1.33. The van der Waals surface area contributed by atoms with Crippen LogP contribution in [0.2, 0.25) is 0 Å². The number of rotatable bonds is 1.